The quantitative estimate of drug-likeness (QED) is 0.845. The lowest BCUT2D eigenvalue weighted by Crippen LogP contribution is -2.12. The van der Waals surface area contributed by atoms with Gasteiger partial charge in [0.25, 0.3) is 10.0 Å². The molecule has 0 fully saturated rings. The fourth-order valence-electron chi connectivity index (χ4n) is 1.87. The van der Waals surface area contributed by atoms with Crippen molar-refractivity contribution in [2.24, 2.45) is 5.73 Å². The summed E-state index contributed by atoms with van der Waals surface area (Å²) in [6, 6.07) is 4.01. The topological polar surface area (TPSA) is 90.0 Å². The minimum Gasteiger partial charge on any atom is -0.330 e. The fraction of sp³-hybridized carbons (Fsp3) is 0.308. The first-order chi connectivity index (χ1) is 9.90. The van der Waals surface area contributed by atoms with Gasteiger partial charge in [0.15, 0.2) is 0 Å². The zero-order valence-corrected chi connectivity index (χ0v) is 12.4. The Labute approximate surface area is 122 Å². The number of sulfonamides is 1. The molecular weight excluding hydrogens is 295 g/mol. The predicted molar refractivity (Wildman–Crippen MR) is 77.8 cm³/mol. The first-order valence-corrected chi connectivity index (χ1v) is 7.91. The molecule has 0 aliphatic heterocycles. The van der Waals surface area contributed by atoms with Gasteiger partial charge in [0.2, 0.25) is 0 Å². The summed E-state index contributed by atoms with van der Waals surface area (Å²) in [5, 5.41) is 3.96. The van der Waals surface area contributed by atoms with Crippen molar-refractivity contribution in [1.29, 1.82) is 0 Å². The van der Waals surface area contributed by atoms with Crippen LogP contribution in [0.25, 0.3) is 0 Å². The molecule has 1 heterocycles. The van der Waals surface area contributed by atoms with E-state index in [2.05, 4.69) is 9.82 Å². The molecule has 0 saturated carbocycles. The molecule has 0 unspecified atom stereocenters. The third kappa shape index (κ3) is 4.02. The number of hydrogen-bond acceptors (Lipinski definition) is 4. The van der Waals surface area contributed by atoms with Crippen molar-refractivity contribution in [3.8, 4) is 0 Å². The van der Waals surface area contributed by atoms with Crippen molar-refractivity contribution in [3.63, 3.8) is 0 Å². The van der Waals surface area contributed by atoms with Gasteiger partial charge in [-0.15, -0.1) is 0 Å². The smallest absolute Gasteiger partial charge is 0.265 e. The molecule has 0 aliphatic rings. The Kier molecular flexibility index (Phi) is 4.59. The SMILES string of the molecule is Cc1cc(F)cc(NS(=O)(=O)c2cnn(CCCN)c2)c1. The van der Waals surface area contributed by atoms with Crippen LogP contribution in [0.3, 0.4) is 0 Å². The molecule has 21 heavy (non-hydrogen) atoms. The second-order valence-electron chi connectivity index (χ2n) is 4.70. The Bertz CT molecular complexity index is 707. The van der Waals surface area contributed by atoms with Crippen LogP contribution < -0.4 is 10.5 Å². The molecule has 0 amide bonds. The molecule has 0 aliphatic carbocycles. The van der Waals surface area contributed by atoms with Gasteiger partial charge in [0.1, 0.15) is 10.7 Å². The van der Waals surface area contributed by atoms with Crippen LogP contribution in [0.5, 0.6) is 0 Å². The molecule has 0 bridgehead atoms. The van der Waals surface area contributed by atoms with E-state index in [4.69, 9.17) is 5.73 Å². The molecule has 0 radical (unpaired) electrons. The summed E-state index contributed by atoms with van der Waals surface area (Å²) in [5.41, 5.74) is 6.21. The van der Waals surface area contributed by atoms with E-state index in [0.29, 0.717) is 25.1 Å². The minimum absolute atomic E-state index is 0.0291. The molecule has 3 N–H and O–H groups in total. The predicted octanol–water partition coefficient (Wildman–Crippen LogP) is 1.48. The van der Waals surface area contributed by atoms with Crippen LogP contribution in [0.4, 0.5) is 10.1 Å². The van der Waals surface area contributed by atoms with Crippen LogP contribution in [0.1, 0.15) is 12.0 Å². The summed E-state index contributed by atoms with van der Waals surface area (Å²) in [6.45, 7) is 2.74. The summed E-state index contributed by atoms with van der Waals surface area (Å²) < 4.78 is 41.5. The summed E-state index contributed by atoms with van der Waals surface area (Å²) in [5.74, 6) is -0.494. The third-order valence-electron chi connectivity index (χ3n) is 2.81. The number of hydrogen-bond donors (Lipinski definition) is 2. The number of nitrogens with two attached hydrogens (primary N) is 1. The van der Waals surface area contributed by atoms with Crippen molar-refractivity contribution >= 4 is 15.7 Å². The molecule has 0 saturated heterocycles. The Morgan fingerprint density at radius 1 is 1.38 bits per heavy atom. The summed E-state index contributed by atoms with van der Waals surface area (Å²) >= 11 is 0. The van der Waals surface area contributed by atoms with Gasteiger partial charge in [-0.05, 0) is 43.7 Å². The summed E-state index contributed by atoms with van der Waals surface area (Å²) in [6.07, 6.45) is 3.38. The number of nitrogens with one attached hydrogen (secondary N) is 1. The largest absolute Gasteiger partial charge is 0.330 e. The fourth-order valence-corrected chi connectivity index (χ4v) is 2.86. The number of nitrogens with zero attached hydrogens (tertiary/aromatic N) is 2. The minimum atomic E-state index is -3.78. The van der Waals surface area contributed by atoms with Crippen molar-refractivity contribution in [3.05, 3.63) is 42.0 Å². The van der Waals surface area contributed by atoms with E-state index in [1.165, 1.54) is 23.1 Å². The number of anilines is 1. The molecule has 114 valence electrons. The van der Waals surface area contributed by atoms with E-state index >= 15 is 0 Å². The Balaban J connectivity index is 2.19. The first-order valence-electron chi connectivity index (χ1n) is 6.43. The lowest BCUT2D eigenvalue weighted by molar-refractivity contribution is 0.582. The number of halogens is 1. The number of aromatic nitrogens is 2. The van der Waals surface area contributed by atoms with E-state index in [1.807, 2.05) is 0 Å². The normalized spacial score (nSPS) is 11.6. The molecule has 1 aromatic heterocycles. The maximum absolute atomic E-state index is 13.3. The summed E-state index contributed by atoms with van der Waals surface area (Å²) in [7, 11) is -3.78. The monoisotopic (exact) mass is 312 g/mol. The second-order valence-corrected chi connectivity index (χ2v) is 6.39. The molecule has 2 aromatic rings. The number of benzene rings is 1. The molecule has 0 spiro atoms. The highest BCUT2D eigenvalue weighted by atomic mass is 32.2. The molecule has 1 aromatic carbocycles. The zero-order valence-electron chi connectivity index (χ0n) is 11.6. The van der Waals surface area contributed by atoms with Gasteiger partial charge in [0, 0.05) is 12.7 Å². The van der Waals surface area contributed by atoms with Crippen LogP contribution in [0.2, 0.25) is 0 Å². The lowest BCUT2D eigenvalue weighted by atomic mass is 10.2. The van der Waals surface area contributed by atoms with Gasteiger partial charge in [0.05, 0.1) is 11.9 Å². The maximum atomic E-state index is 13.3. The van der Waals surface area contributed by atoms with E-state index < -0.39 is 15.8 Å². The molecule has 6 nitrogen and oxygen atoms in total. The van der Waals surface area contributed by atoms with Gasteiger partial charge in [-0.1, -0.05) is 0 Å². The van der Waals surface area contributed by atoms with Crippen molar-refractivity contribution < 1.29 is 12.8 Å². The highest BCUT2D eigenvalue weighted by molar-refractivity contribution is 7.92. The van der Waals surface area contributed by atoms with Crippen LogP contribution in [0.15, 0.2) is 35.5 Å². The molecule has 2 rings (SSSR count). The van der Waals surface area contributed by atoms with E-state index in [9.17, 15) is 12.8 Å². The highest BCUT2D eigenvalue weighted by Crippen LogP contribution is 2.18. The van der Waals surface area contributed by atoms with Crippen LogP contribution in [0, 0.1) is 12.7 Å². The number of aryl methyl sites for hydroxylation is 2. The summed E-state index contributed by atoms with van der Waals surface area (Å²) in [4.78, 5) is 0.0291. The van der Waals surface area contributed by atoms with Gasteiger partial charge in [-0.3, -0.25) is 9.40 Å². The molecule has 0 atom stereocenters. The Morgan fingerprint density at radius 3 is 2.81 bits per heavy atom. The van der Waals surface area contributed by atoms with E-state index in [1.54, 1.807) is 13.0 Å². The van der Waals surface area contributed by atoms with Crippen LogP contribution in [-0.2, 0) is 16.6 Å². The van der Waals surface area contributed by atoms with Crippen LogP contribution in [-0.4, -0.2) is 24.7 Å². The third-order valence-corrected chi connectivity index (χ3v) is 4.14. The maximum Gasteiger partial charge on any atom is 0.265 e. The molecular formula is C13H17FN4O2S. The van der Waals surface area contributed by atoms with E-state index in [0.717, 1.165) is 6.07 Å². The number of rotatable bonds is 6. The van der Waals surface area contributed by atoms with Crippen molar-refractivity contribution in [2.75, 3.05) is 11.3 Å². The average molecular weight is 312 g/mol. The highest BCUT2D eigenvalue weighted by Gasteiger charge is 2.17. The second kappa shape index (κ2) is 6.23. The van der Waals surface area contributed by atoms with Gasteiger partial charge in [-0.25, -0.2) is 12.8 Å². The average Bonchev–Trinajstić information content (AvgIpc) is 2.84. The standard InChI is InChI=1S/C13H17FN4O2S/c1-10-5-11(14)7-12(6-10)17-21(19,20)13-8-16-18(9-13)4-2-3-15/h5-9,17H,2-4,15H2,1H3. The van der Waals surface area contributed by atoms with Gasteiger partial charge < -0.3 is 5.73 Å². The molecule has 8 heteroatoms. The zero-order chi connectivity index (χ0) is 15.5. The van der Waals surface area contributed by atoms with Gasteiger partial charge in [-0.2, -0.15) is 5.10 Å². The van der Waals surface area contributed by atoms with Crippen molar-refractivity contribution in [2.45, 2.75) is 24.8 Å². The Morgan fingerprint density at radius 2 is 2.14 bits per heavy atom. The Hall–Kier alpha value is -1.93. The first kappa shape index (κ1) is 15.5. The van der Waals surface area contributed by atoms with Crippen molar-refractivity contribution in [1.82, 2.24) is 9.78 Å². The van der Waals surface area contributed by atoms with Gasteiger partial charge >= 0.3 is 0 Å². The van der Waals surface area contributed by atoms with E-state index in [-0.39, 0.29) is 10.6 Å². The van der Waals surface area contributed by atoms with Crippen LogP contribution >= 0.6 is 0 Å². The lowest BCUT2D eigenvalue weighted by Gasteiger charge is -2.07.